The minimum atomic E-state index is -0.818. The zero-order chi connectivity index (χ0) is 27.4. The summed E-state index contributed by atoms with van der Waals surface area (Å²) in [5.74, 6) is 0.132. The number of amides is 4. The highest BCUT2D eigenvalue weighted by Crippen LogP contribution is 2.36. The van der Waals surface area contributed by atoms with E-state index in [9.17, 15) is 14.4 Å². The van der Waals surface area contributed by atoms with Crippen molar-refractivity contribution in [2.75, 3.05) is 18.6 Å². The van der Waals surface area contributed by atoms with Crippen LogP contribution in [0, 0.1) is 17.4 Å². The van der Waals surface area contributed by atoms with E-state index in [0.717, 1.165) is 14.0 Å². The Morgan fingerprint density at radius 3 is 2.34 bits per heavy atom. The molecule has 0 atom stereocenters. The van der Waals surface area contributed by atoms with Gasteiger partial charge in [0.05, 0.1) is 23.0 Å². The molecule has 0 aromatic heterocycles. The quantitative estimate of drug-likeness (QED) is 0.200. The maximum atomic E-state index is 13.3. The summed E-state index contributed by atoms with van der Waals surface area (Å²) in [4.78, 5) is 39.3. The molecule has 3 aromatic carbocycles. The van der Waals surface area contributed by atoms with Crippen molar-refractivity contribution in [3.05, 3.63) is 86.0 Å². The topological polar surface area (TPSA) is 94.2 Å². The fourth-order valence-corrected chi connectivity index (χ4v) is 4.69. The minimum Gasteiger partial charge on any atom is -0.497 e. The zero-order valence-corrected chi connectivity index (χ0v) is 23.6. The molecule has 38 heavy (non-hydrogen) atoms. The molecule has 1 fully saturated rings. The molecule has 0 bridgehead atoms. The molecule has 1 N–H and O–H groups in total. The van der Waals surface area contributed by atoms with E-state index in [2.05, 4.69) is 53.9 Å². The number of carbonyl (C=O) groups is 3. The van der Waals surface area contributed by atoms with Crippen LogP contribution in [-0.2, 0) is 16.2 Å². The number of barbiturate groups is 1. The molecule has 1 aliphatic rings. The number of benzene rings is 3. The smallest absolute Gasteiger partial charge is 0.335 e. The van der Waals surface area contributed by atoms with Crippen molar-refractivity contribution in [3.8, 4) is 17.2 Å². The van der Waals surface area contributed by atoms with E-state index in [1.165, 1.54) is 24.3 Å². The molecule has 1 heterocycles. The summed E-state index contributed by atoms with van der Waals surface area (Å²) >= 11 is 2.14. The number of ether oxygens (including phenoxy) is 3. The van der Waals surface area contributed by atoms with Gasteiger partial charge >= 0.3 is 6.03 Å². The number of anilines is 1. The lowest BCUT2D eigenvalue weighted by Gasteiger charge is -2.26. The Kier molecular flexibility index (Phi) is 8.35. The first-order valence-electron chi connectivity index (χ1n) is 11.9. The van der Waals surface area contributed by atoms with Gasteiger partial charge in [-0.25, -0.2) is 9.69 Å². The van der Waals surface area contributed by atoms with Gasteiger partial charge in [-0.3, -0.25) is 14.9 Å². The fourth-order valence-electron chi connectivity index (χ4n) is 3.91. The molecule has 4 amide bonds. The van der Waals surface area contributed by atoms with E-state index in [-0.39, 0.29) is 5.57 Å². The number of carbonyl (C=O) groups excluding carboxylic acids is 3. The normalized spacial score (nSPS) is 14.5. The Labute approximate surface area is 234 Å². The summed E-state index contributed by atoms with van der Waals surface area (Å²) in [5, 5.41) is 2.24. The molecule has 8 nitrogen and oxygen atoms in total. The standard InChI is InChI=1S/C29H27IN2O6/c1-5-37-25-15-20(14-24(30)26(25)38-16-19-7-6-17(2)18(3)12-19)13-23-27(33)31-29(35)32(28(23)34)21-8-10-22(36-4)11-9-21/h6-15H,5,16H2,1-4H3,(H,31,33,35)/b23-13+. The van der Waals surface area contributed by atoms with Gasteiger partial charge in [0.2, 0.25) is 0 Å². The molecule has 0 aliphatic carbocycles. The molecule has 0 spiro atoms. The van der Waals surface area contributed by atoms with Crippen LogP contribution in [0.3, 0.4) is 0 Å². The Morgan fingerprint density at radius 2 is 1.68 bits per heavy atom. The third kappa shape index (κ3) is 5.83. The van der Waals surface area contributed by atoms with Crippen LogP contribution in [0.2, 0.25) is 0 Å². The van der Waals surface area contributed by atoms with Gasteiger partial charge in [0.15, 0.2) is 11.5 Å². The lowest BCUT2D eigenvalue weighted by atomic mass is 10.1. The summed E-state index contributed by atoms with van der Waals surface area (Å²) in [7, 11) is 1.52. The van der Waals surface area contributed by atoms with Gasteiger partial charge in [-0.05, 0) is 108 Å². The van der Waals surface area contributed by atoms with Crippen LogP contribution in [-0.4, -0.2) is 31.6 Å². The number of aryl methyl sites for hydroxylation is 2. The third-order valence-electron chi connectivity index (χ3n) is 6.03. The molecule has 0 unspecified atom stereocenters. The van der Waals surface area contributed by atoms with Crippen molar-refractivity contribution < 1.29 is 28.6 Å². The zero-order valence-electron chi connectivity index (χ0n) is 21.5. The summed E-state index contributed by atoms with van der Waals surface area (Å²) in [6, 6.07) is 15.3. The molecular formula is C29H27IN2O6. The molecule has 196 valence electrons. The van der Waals surface area contributed by atoms with Crippen molar-refractivity contribution in [2.24, 2.45) is 0 Å². The van der Waals surface area contributed by atoms with Gasteiger partial charge in [0.25, 0.3) is 11.8 Å². The summed E-state index contributed by atoms with van der Waals surface area (Å²) in [5.41, 5.74) is 4.12. The monoisotopic (exact) mass is 626 g/mol. The number of hydrogen-bond donors (Lipinski definition) is 1. The average Bonchev–Trinajstić information content (AvgIpc) is 2.88. The van der Waals surface area contributed by atoms with E-state index in [0.29, 0.717) is 41.7 Å². The Hall–Kier alpha value is -3.86. The summed E-state index contributed by atoms with van der Waals surface area (Å²) in [6.07, 6.45) is 1.44. The van der Waals surface area contributed by atoms with Gasteiger partial charge in [-0.15, -0.1) is 0 Å². The van der Waals surface area contributed by atoms with Crippen molar-refractivity contribution in [1.29, 1.82) is 0 Å². The Morgan fingerprint density at radius 1 is 0.947 bits per heavy atom. The number of nitrogens with one attached hydrogen (secondary N) is 1. The number of nitrogens with zero attached hydrogens (tertiary/aromatic N) is 1. The first-order chi connectivity index (χ1) is 18.2. The predicted octanol–water partition coefficient (Wildman–Crippen LogP) is 5.56. The van der Waals surface area contributed by atoms with Crippen molar-refractivity contribution in [1.82, 2.24) is 5.32 Å². The van der Waals surface area contributed by atoms with Gasteiger partial charge in [0.1, 0.15) is 17.9 Å². The maximum Gasteiger partial charge on any atom is 0.335 e. The van der Waals surface area contributed by atoms with Crippen LogP contribution in [0.25, 0.3) is 6.08 Å². The highest BCUT2D eigenvalue weighted by atomic mass is 127. The van der Waals surface area contributed by atoms with Gasteiger partial charge < -0.3 is 14.2 Å². The predicted molar refractivity (Wildman–Crippen MR) is 153 cm³/mol. The fraction of sp³-hybridized carbons (Fsp3) is 0.207. The number of imide groups is 2. The Bertz CT molecular complexity index is 1430. The summed E-state index contributed by atoms with van der Waals surface area (Å²) < 4.78 is 17.9. The molecule has 1 saturated heterocycles. The SMILES string of the molecule is CCOc1cc(/C=C2\C(=O)NC(=O)N(c3ccc(OC)cc3)C2=O)cc(I)c1OCc1ccc(C)c(C)c1. The second kappa shape index (κ2) is 11.7. The van der Waals surface area contributed by atoms with Crippen LogP contribution in [0.15, 0.2) is 60.2 Å². The van der Waals surface area contributed by atoms with E-state index in [1.807, 2.05) is 13.0 Å². The lowest BCUT2D eigenvalue weighted by Crippen LogP contribution is -2.54. The summed E-state index contributed by atoms with van der Waals surface area (Å²) in [6.45, 7) is 6.74. The lowest BCUT2D eigenvalue weighted by molar-refractivity contribution is -0.122. The van der Waals surface area contributed by atoms with E-state index in [4.69, 9.17) is 14.2 Å². The number of hydrogen-bond acceptors (Lipinski definition) is 6. The van der Waals surface area contributed by atoms with Gasteiger partial charge in [0, 0.05) is 0 Å². The van der Waals surface area contributed by atoms with Crippen LogP contribution < -0.4 is 24.4 Å². The first-order valence-corrected chi connectivity index (χ1v) is 13.0. The third-order valence-corrected chi connectivity index (χ3v) is 6.83. The second-order valence-corrected chi connectivity index (χ2v) is 9.79. The number of rotatable bonds is 8. The maximum absolute atomic E-state index is 13.3. The second-order valence-electron chi connectivity index (χ2n) is 8.63. The van der Waals surface area contributed by atoms with Crippen LogP contribution in [0.1, 0.15) is 29.2 Å². The van der Waals surface area contributed by atoms with Gasteiger partial charge in [-0.1, -0.05) is 18.2 Å². The molecular weight excluding hydrogens is 599 g/mol. The first kappa shape index (κ1) is 27.2. The van der Waals surface area contributed by atoms with Crippen molar-refractivity contribution in [2.45, 2.75) is 27.4 Å². The van der Waals surface area contributed by atoms with Gasteiger partial charge in [-0.2, -0.15) is 0 Å². The molecule has 0 saturated carbocycles. The van der Waals surface area contributed by atoms with Crippen LogP contribution >= 0.6 is 22.6 Å². The average molecular weight is 626 g/mol. The number of methoxy groups -OCH3 is 1. The molecule has 3 aromatic rings. The number of halogens is 1. The Balaban J connectivity index is 1.64. The largest absolute Gasteiger partial charge is 0.497 e. The van der Waals surface area contributed by atoms with E-state index >= 15 is 0 Å². The van der Waals surface area contributed by atoms with Crippen molar-refractivity contribution in [3.63, 3.8) is 0 Å². The highest BCUT2D eigenvalue weighted by molar-refractivity contribution is 14.1. The van der Waals surface area contributed by atoms with Crippen LogP contribution in [0.4, 0.5) is 10.5 Å². The molecule has 4 rings (SSSR count). The van der Waals surface area contributed by atoms with Crippen molar-refractivity contribution >= 4 is 52.2 Å². The number of urea groups is 1. The molecule has 0 radical (unpaired) electrons. The molecule has 1 aliphatic heterocycles. The highest BCUT2D eigenvalue weighted by Gasteiger charge is 2.37. The molecule has 9 heteroatoms. The van der Waals surface area contributed by atoms with E-state index < -0.39 is 17.8 Å². The van der Waals surface area contributed by atoms with Crippen LogP contribution in [0.5, 0.6) is 17.2 Å². The van der Waals surface area contributed by atoms with E-state index in [1.54, 1.807) is 36.4 Å². The minimum absolute atomic E-state index is 0.178.